The molecule has 0 aliphatic carbocycles. The summed E-state index contributed by atoms with van der Waals surface area (Å²) in [6.07, 6.45) is 5.61. The number of hydrogen-bond donors (Lipinski definition) is 1. The van der Waals surface area contributed by atoms with E-state index < -0.39 is 0 Å². The van der Waals surface area contributed by atoms with Crippen molar-refractivity contribution in [2.45, 2.75) is 59.5 Å². The highest BCUT2D eigenvalue weighted by molar-refractivity contribution is 5.34. The van der Waals surface area contributed by atoms with Crippen molar-refractivity contribution >= 4 is 5.95 Å². The minimum absolute atomic E-state index is 0.318. The Hall–Kier alpha value is -1.03. The fourth-order valence-electron chi connectivity index (χ4n) is 3.03. The van der Waals surface area contributed by atoms with E-state index in [0.717, 1.165) is 26.1 Å². The minimum atomic E-state index is 0.318. The molecule has 0 radical (unpaired) electrons. The zero-order chi connectivity index (χ0) is 14.7. The fourth-order valence-corrected chi connectivity index (χ4v) is 3.03. The number of imidazole rings is 1. The van der Waals surface area contributed by atoms with Gasteiger partial charge < -0.3 is 15.2 Å². The van der Waals surface area contributed by atoms with Gasteiger partial charge in [0.25, 0.3) is 0 Å². The van der Waals surface area contributed by atoms with Crippen molar-refractivity contribution in [1.29, 1.82) is 0 Å². The first-order valence-electron chi connectivity index (χ1n) is 8.07. The van der Waals surface area contributed by atoms with Crippen molar-refractivity contribution in [3.8, 4) is 0 Å². The first-order chi connectivity index (χ1) is 9.51. The van der Waals surface area contributed by atoms with Crippen molar-refractivity contribution in [1.82, 2.24) is 9.55 Å². The molecule has 0 spiro atoms. The molecule has 2 N–H and O–H groups in total. The Bertz CT molecular complexity index is 414. The highest BCUT2D eigenvalue weighted by Crippen LogP contribution is 2.25. The number of rotatable bonds is 5. The van der Waals surface area contributed by atoms with Crippen LogP contribution in [-0.2, 0) is 13.0 Å². The van der Waals surface area contributed by atoms with Crippen LogP contribution in [-0.4, -0.2) is 28.7 Å². The molecular weight excluding hydrogens is 248 g/mol. The zero-order valence-corrected chi connectivity index (χ0v) is 13.5. The summed E-state index contributed by atoms with van der Waals surface area (Å²) in [5, 5.41) is 0. The molecule has 1 saturated heterocycles. The molecule has 0 amide bonds. The molecule has 1 atom stereocenters. The predicted molar refractivity (Wildman–Crippen MR) is 85.0 cm³/mol. The highest BCUT2D eigenvalue weighted by atomic mass is 15.3. The molecule has 0 saturated carbocycles. The quantitative estimate of drug-likeness (QED) is 0.900. The van der Waals surface area contributed by atoms with Gasteiger partial charge in [-0.15, -0.1) is 0 Å². The molecule has 4 nitrogen and oxygen atoms in total. The van der Waals surface area contributed by atoms with E-state index in [2.05, 4.69) is 43.4 Å². The predicted octanol–water partition coefficient (Wildman–Crippen LogP) is 2.67. The summed E-state index contributed by atoms with van der Waals surface area (Å²) in [4.78, 5) is 7.28. The number of piperidine rings is 1. The standard InChI is InChI=1S/C16H30N4/c1-5-15-11-20(10-12(2)3)16(18-15)19-8-6-14(7-9-19)13(4)17/h11-14H,5-10,17H2,1-4H3. The maximum Gasteiger partial charge on any atom is 0.205 e. The van der Waals surface area contributed by atoms with E-state index in [1.807, 2.05) is 0 Å². The topological polar surface area (TPSA) is 47.1 Å². The molecule has 1 aromatic rings. The SMILES string of the molecule is CCc1cn(CC(C)C)c(N2CCC(C(C)N)CC2)n1. The Balaban J connectivity index is 2.10. The molecule has 1 fully saturated rings. The van der Waals surface area contributed by atoms with E-state index in [-0.39, 0.29) is 0 Å². The van der Waals surface area contributed by atoms with E-state index in [0.29, 0.717) is 17.9 Å². The van der Waals surface area contributed by atoms with Gasteiger partial charge in [-0.25, -0.2) is 4.98 Å². The number of nitrogens with two attached hydrogens (primary N) is 1. The lowest BCUT2D eigenvalue weighted by Gasteiger charge is -2.34. The molecule has 1 aliphatic rings. The molecule has 1 aliphatic heterocycles. The molecule has 0 bridgehead atoms. The van der Waals surface area contributed by atoms with Crippen LogP contribution in [0.5, 0.6) is 0 Å². The summed E-state index contributed by atoms with van der Waals surface area (Å²) < 4.78 is 2.34. The van der Waals surface area contributed by atoms with Gasteiger partial charge in [0.05, 0.1) is 5.69 Å². The second-order valence-corrected chi connectivity index (χ2v) is 6.62. The smallest absolute Gasteiger partial charge is 0.205 e. The molecule has 114 valence electrons. The number of nitrogens with zero attached hydrogens (tertiary/aromatic N) is 3. The number of aryl methyl sites for hydroxylation is 1. The molecule has 1 aromatic heterocycles. The second-order valence-electron chi connectivity index (χ2n) is 6.62. The van der Waals surface area contributed by atoms with Crippen LogP contribution in [0.2, 0.25) is 0 Å². The molecule has 4 heteroatoms. The van der Waals surface area contributed by atoms with Gasteiger partial charge in [-0.3, -0.25) is 0 Å². The summed E-state index contributed by atoms with van der Waals surface area (Å²) in [5.41, 5.74) is 7.24. The van der Waals surface area contributed by atoms with Crippen molar-refractivity contribution < 1.29 is 0 Å². The van der Waals surface area contributed by atoms with Crippen LogP contribution in [0, 0.1) is 11.8 Å². The van der Waals surface area contributed by atoms with Crippen LogP contribution in [0.1, 0.15) is 46.2 Å². The second kappa shape index (κ2) is 6.61. The Morgan fingerprint density at radius 2 is 1.95 bits per heavy atom. The molecule has 2 rings (SSSR count). The Morgan fingerprint density at radius 1 is 1.30 bits per heavy atom. The van der Waals surface area contributed by atoms with Crippen LogP contribution in [0.15, 0.2) is 6.20 Å². The van der Waals surface area contributed by atoms with Gasteiger partial charge in [-0.1, -0.05) is 20.8 Å². The van der Waals surface area contributed by atoms with Crippen molar-refractivity contribution in [3.05, 3.63) is 11.9 Å². The van der Waals surface area contributed by atoms with Gasteiger partial charge in [-0.2, -0.15) is 0 Å². The van der Waals surface area contributed by atoms with Crippen LogP contribution in [0.4, 0.5) is 5.95 Å². The lowest BCUT2D eigenvalue weighted by atomic mass is 9.91. The van der Waals surface area contributed by atoms with E-state index >= 15 is 0 Å². The Labute approximate surface area is 123 Å². The third-order valence-corrected chi connectivity index (χ3v) is 4.30. The Kier molecular flexibility index (Phi) is 5.08. The largest absolute Gasteiger partial charge is 0.342 e. The van der Waals surface area contributed by atoms with Gasteiger partial charge >= 0.3 is 0 Å². The summed E-state index contributed by atoms with van der Waals surface area (Å²) >= 11 is 0. The molecular formula is C16H30N4. The van der Waals surface area contributed by atoms with Gasteiger partial charge in [0.1, 0.15) is 0 Å². The van der Waals surface area contributed by atoms with E-state index in [1.54, 1.807) is 0 Å². The third kappa shape index (κ3) is 3.54. The van der Waals surface area contributed by atoms with Crippen LogP contribution < -0.4 is 10.6 Å². The highest BCUT2D eigenvalue weighted by Gasteiger charge is 2.24. The summed E-state index contributed by atoms with van der Waals surface area (Å²) in [6, 6.07) is 0.318. The van der Waals surface area contributed by atoms with Crippen LogP contribution >= 0.6 is 0 Å². The van der Waals surface area contributed by atoms with Gasteiger partial charge in [-0.05, 0) is 38.0 Å². The first-order valence-corrected chi connectivity index (χ1v) is 8.07. The Morgan fingerprint density at radius 3 is 2.45 bits per heavy atom. The molecule has 20 heavy (non-hydrogen) atoms. The first kappa shape index (κ1) is 15.4. The van der Waals surface area contributed by atoms with Gasteiger partial charge in [0.2, 0.25) is 5.95 Å². The summed E-state index contributed by atoms with van der Waals surface area (Å²) in [7, 11) is 0. The van der Waals surface area contributed by atoms with Crippen molar-refractivity contribution in [3.63, 3.8) is 0 Å². The molecule has 2 heterocycles. The van der Waals surface area contributed by atoms with Gasteiger partial charge in [0, 0.05) is 31.9 Å². The maximum absolute atomic E-state index is 6.03. The average Bonchev–Trinajstić information content (AvgIpc) is 2.81. The number of hydrogen-bond acceptors (Lipinski definition) is 3. The van der Waals surface area contributed by atoms with E-state index in [4.69, 9.17) is 10.7 Å². The lowest BCUT2D eigenvalue weighted by molar-refractivity contribution is 0.350. The summed E-state index contributed by atoms with van der Waals surface area (Å²) in [5.74, 6) is 2.48. The van der Waals surface area contributed by atoms with Crippen LogP contribution in [0.3, 0.4) is 0 Å². The number of aromatic nitrogens is 2. The zero-order valence-electron chi connectivity index (χ0n) is 13.5. The van der Waals surface area contributed by atoms with Crippen LogP contribution in [0.25, 0.3) is 0 Å². The molecule has 0 aromatic carbocycles. The maximum atomic E-state index is 6.03. The number of anilines is 1. The normalized spacial score (nSPS) is 18.8. The average molecular weight is 278 g/mol. The molecule has 1 unspecified atom stereocenters. The third-order valence-electron chi connectivity index (χ3n) is 4.30. The van der Waals surface area contributed by atoms with E-state index in [1.165, 1.54) is 24.5 Å². The van der Waals surface area contributed by atoms with Crippen molar-refractivity contribution in [2.75, 3.05) is 18.0 Å². The fraction of sp³-hybridized carbons (Fsp3) is 0.812. The van der Waals surface area contributed by atoms with Gasteiger partial charge in [0.15, 0.2) is 0 Å². The van der Waals surface area contributed by atoms with Crippen molar-refractivity contribution in [2.24, 2.45) is 17.6 Å². The summed E-state index contributed by atoms with van der Waals surface area (Å²) in [6.45, 7) is 12.1. The lowest BCUT2D eigenvalue weighted by Crippen LogP contribution is -2.40. The minimum Gasteiger partial charge on any atom is -0.342 e. The van der Waals surface area contributed by atoms with E-state index in [9.17, 15) is 0 Å². The monoisotopic (exact) mass is 278 g/mol.